The van der Waals surface area contributed by atoms with Crippen molar-refractivity contribution in [3.63, 3.8) is 0 Å². The second-order valence-electron chi connectivity index (χ2n) is 6.85. The van der Waals surface area contributed by atoms with Crippen LogP contribution >= 0.6 is 11.8 Å². The number of thioether (sulfide) groups is 1. The van der Waals surface area contributed by atoms with E-state index in [1.165, 1.54) is 27.1 Å². The monoisotopic (exact) mass is 375 g/mol. The van der Waals surface area contributed by atoms with Crippen molar-refractivity contribution in [2.24, 2.45) is 0 Å². The summed E-state index contributed by atoms with van der Waals surface area (Å²) >= 11 is 1.80. The average molecular weight is 376 g/mol. The molecule has 0 aliphatic heterocycles. The van der Waals surface area contributed by atoms with E-state index in [4.69, 9.17) is 0 Å². The molecule has 3 heteroatoms. The van der Waals surface area contributed by atoms with Gasteiger partial charge in [-0.05, 0) is 61.7 Å². The molecule has 3 rings (SSSR count). The van der Waals surface area contributed by atoms with Crippen LogP contribution in [0.1, 0.15) is 45.6 Å². The van der Waals surface area contributed by atoms with Crippen LogP contribution in [0.5, 0.6) is 0 Å². The Morgan fingerprint density at radius 2 is 1.67 bits per heavy atom. The maximum absolute atomic E-state index is 12.6. The van der Waals surface area contributed by atoms with Gasteiger partial charge in [-0.2, -0.15) is 0 Å². The molecule has 3 aromatic carbocycles. The molecule has 3 aromatic rings. The lowest BCUT2D eigenvalue weighted by Crippen LogP contribution is -2.27. The highest BCUT2D eigenvalue weighted by molar-refractivity contribution is 7.98. The fourth-order valence-electron chi connectivity index (χ4n) is 3.02. The molecule has 1 N–H and O–H groups in total. The lowest BCUT2D eigenvalue weighted by Gasteiger charge is -2.17. The van der Waals surface area contributed by atoms with Gasteiger partial charge in [0, 0.05) is 16.2 Å². The number of aryl methyl sites for hydroxylation is 2. The number of hydrogen-bond donors (Lipinski definition) is 1. The molecule has 0 saturated heterocycles. The molecule has 1 amide bonds. The first-order valence-corrected chi connectivity index (χ1v) is 10.2. The minimum atomic E-state index is -0.0364. The van der Waals surface area contributed by atoms with Crippen molar-refractivity contribution in [1.82, 2.24) is 5.32 Å². The van der Waals surface area contributed by atoms with Gasteiger partial charge in [0.15, 0.2) is 0 Å². The summed E-state index contributed by atoms with van der Waals surface area (Å²) in [6.07, 6.45) is 0. The van der Waals surface area contributed by atoms with E-state index in [1.54, 1.807) is 11.8 Å². The number of hydrogen-bond acceptors (Lipinski definition) is 2. The van der Waals surface area contributed by atoms with E-state index in [9.17, 15) is 4.79 Å². The molecule has 0 heterocycles. The van der Waals surface area contributed by atoms with Gasteiger partial charge < -0.3 is 5.32 Å². The van der Waals surface area contributed by atoms with E-state index in [2.05, 4.69) is 49.5 Å². The second-order valence-corrected chi connectivity index (χ2v) is 7.90. The van der Waals surface area contributed by atoms with Crippen molar-refractivity contribution in [1.29, 1.82) is 0 Å². The minimum Gasteiger partial charge on any atom is -0.346 e. The summed E-state index contributed by atoms with van der Waals surface area (Å²) in [6, 6.07) is 24.6. The Bertz CT molecular complexity index is 903. The maximum atomic E-state index is 12.6. The number of amides is 1. The highest BCUT2D eigenvalue weighted by Gasteiger charge is 2.13. The van der Waals surface area contributed by atoms with Gasteiger partial charge in [0.05, 0.1) is 6.04 Å². The van der Waals surface area contributed by atoms with Crippen LogP contribution in [0.3, 0.4) is 0 Å². The third kappa shape index (κ3) is 5.24. The molecule has 0 saturated carbocycles. The molecule has 1 unspecified atom stereocenters. The normalized spacial score (nSPS) is 11.8. The van der Waals surface area contributed by atoms with Crippen LogP contribution in [-0.2, 0) is 5.75 Å². The lowest BCUT2D eigenvalue weighted by molar-refractivity contribution is 0.0940. The summed E-state index contributed by atoms with van der Waals surface area (Å²) < 4.78 is 0. The Labute approximate surface area is 166 Å². The fourth-order valence-corrected chi connectivity index (χ4v) is 3.90. The van der Waals surface area contributed by atoms with Crippen LogP contribution in [0.15, 0.2) is 77.7 Å². The standard InChI is InChI=1S/C24H25NOS/c1-17-9-10-18(2)23(15-17)19(3)25-24(26)21-13-11-20(12-14-21)16-27-22-7-5-4-6-8-22/h4-15,19H,16H2,1-3H3,(H,25,26). The summed E-state index contributed by atoms with van der Waals surface area (Å²) in [5, 5.41) is 3.11. The predicted octanol–water partition coefficient (Wildman–Crippen LogP) is 6.09. The van der Waals surface area contributed by atoms with Gasteiger partial charge >= 0.3 is 0 Å². The highest BCUT2D eigenvalue weighted by atomic mass is 32.2. The van der Waals surface area contributed by atoms with Crippen LogP contribution in [0.2, 0.25) is 0 Å². The molecule has 0 aliphatic rings. The lowest BCUT2D eigenvalue weighted by atomic mass is 9.99. The smallest absolute Gasteiger partial charge is 0.251 e. The van der Waals surface area contributed by atoms with E-state index < -0.39 is 0 Å². The minimum absolute atomic E-state index is 0.0225. The molecule has 138 valence electrons. The zero-order chi connectivity index (χ0) is 19.2. The molecular weight excluding hydrogens is 350 g/mol. The number of carbonyl (C=O) groups is 1. The molecule has 2 nitrogen and oxygen atoms in total. The Morgan fingerprint density at radius 1 is 0.963 bits per heavy atom. The Hall–Kier alpha value is -2.52. The quantitative estimate of drug-likeness (QED) is 0.528. The SMILES string of the molecule is Cc1ccc(C)c(C(C)NC(=O)c2ccc(CSc3ccccc3)cc2)c1. The van der Waals surface area contributed by atoms with Crippen molar-refractivity contribution in [2.75, 3.05) is 0 Å². The number of nitrogens with one attached hydrogen (secondary N) is 1. The summed E-state index contributed by atoms with van der Waals surface area (Å²) in [4.78, 5) is 13.9. The Morgan fingerprint density at radius 3 is 2.37 bits per heavy atom. The fraction of sp³-hybridized carbons (Fsp3) is 0.208. The van der Waals surface area contributed by atoms with Crippen LogP contribution in [0.25, 0.3) is 0 Å². The molecule has 0 spiro atoms. The van der Waals surface area contributed by atoms with Gasteiger partial charge in [0.1, 0.15) is 0 Å². The van der Waals surface area contributed by atoms with Crippen LogP contribution in [0, 0.1) is 13.8 Å². The number of carbonyl (C=O) groups excluding carboxylic acids is 1. The predicted molar refractivity (Wildman–Crippen MR) is 114 cm³/mol. The van der Waals surface area contributed by atoms with Crippen LogP contribution in [-0.4, -0.2) is 5.91 Å². The summed E-state index contributed by atoms with van der Waals surface area (Å²) in [5.74, 6) is 0.857. The van der Waals surface area contributed by atoms with Crippen molar-refractivity contribution in [3.05, 3.63) is 101 Å². The first-order chi connectivity index (χ1) is 13.0. The first kappa shape index (κ1) is 19.2. The van der Waals surface area contributed by atoms with Gasteiger partial charge in [0.2, 0.25) is 0 Å². The van der Waals surface area contributed by atoms with E-state index in [1.807, 2.05) is 49.4 Å². The van der Waals surface area contributed by atoms with Crippen molar-refractivity contribution < 1.29 is 4.79 Å². The second kappa shape index (κ2) is 8.92. The molecule has 0 radical (unpaired) electrons. The third-order valence-corrected chi connectivity index (χ3v) is 5.70. The summed E-state index contributed by atoms with van der Waals surface area (Å²) in [5.41, 5.74) is 5.47. The number of rotatable bonds is 6. The van der Waals surface area contributed by atoms with Gasteiger partial charge in [-0.1, -0.05) is 54.1 Å². The number of benzene rings is 3. The molecule has 0 aliphatic carbocycles. The summed E-state index contributed by atoms with van der Waals surface area (Å²) in [7, 11) is 0. The Balaban J connectivity index is 1.61. The molecular formula is C24H25NOS. The van der Waals surface area contributed by atoms with Crippen molar-refractivity contribution in [2.45, 2.75) is 37.5 Å². The van der Waals surface area contributed by atoms with Crippen LogP contribution < -0.4 is 5.32 Å². The van der Waals surface area contributed by atoms with E-state index in [0.717, 1.165) is 5.75 Å². The van der Waals surface area contributed by atoms with Crippen molar-refractivity contribution >= 4 is 17.7 Å². The zero-order valence-corrected chi connectivity index (χ0v) is 16.8. The maximum Gasteiger partial charge on any atom is 0.251 e. The average Bonchev–Trinajstić information content (AvgIpc) is 2.69. The van der Waals surface area contributed by atoms with Gasteiger partial charge in [-0.25, -0.2) is 0 Å². The molecule has 1 atom stereocenters. The van der Waals surface area contributed by atoms with Crippen molar-refractivity contribution in [3.8, 4) is 0 Å². The highest BCUT2D eigenvalue weighted by Crippen LogP contribution is 2.23. The molecule has 0 bridgehead atoms. The van der Waals surface area contributed by atoms with E-state index in [-0.39, 0.29) is 11.9 Å². The van der Waals surface area contributed by atoms with Gasteiger partial charge in [-0.3, -0.25) is 4.79 Å². The largest absolute Gasteiger partial charge is 0.346 e. The van der Waals surface area contributed by atoms with E-state index in [0.29, 0.717) is 5.56 Å². The first-order valence-electron chi connectivity index (χ1n) is 9.18. The molecule has 27 heavy (non-hydrogen) atoms. The Kier molecular flexibility index (Phi) is 6.36. The van der Waals surface area contributed by atoms with Crippen LogP contribution in [0.4, 0.5) is 0 Å². The van der Waals surface area contributed by atoms with Gasteiger partial charge in [-0.15, -0.1) is 11.8 Å². The molecule has 0 aromatic heterocycles. The van der Waals surface area contributed by atoms with Gasteiger partial charge in [0.25, 0.3) is 5.91 Å². The summed E-state index contributed by atoms with van der Waals surface area (Å²) in [6.45, 7) is 6.19. The third-order valence-electron chi connectivity index (χ3n) is 4.61. The zero-order valence-electron chi connectivity index (χ0n) is 16.0. The van der Waals surface area contributed by atoms with E-state index >= 15 is 0 Å². The topological polar surface area (TPSA) is 29.1 Å². The molecule has 0 fully saturated rings.